The van der Waals surface area contributed by atoms with E-state index in [1.807, 2.05) is 35.0 Å². The van der Waals surface area contributed by atoms with E-state index < -0.39 is 0 Å². The molecule has 2 aromatic rings. The Hall–Kier alpha value is -2.03. The van der Waals surface area contributed by atoms with Crippen LogP contribution in [-0.4, -0.2) is 10.5 Å². The van der Waals surface area contributed by atoms with E-state index in [1.165, 1.54) is 5.56 Å². The quantitative estimate of drug-likeness (QED) is 0.838. The smallest absolute Gasteiger partial charge is 0.265 e. The van der Waals surface area contributed by atoms with Crippen LogP contribution in [0.5, 0.6) is 0 Å². The zero-order valence-electron chi connectivity index (χ0n) is 9.67. The molecule has 0 aliphatic heterocycles. The Morgan fingerprint density at radius 3 is 2.59 bits per heavy atom. The molecular formula is C14H16N2O. The van der Waals surface area contributed by atoms with Gasteiger partial charge in [-0.1, -0.05) is 30.3 Å². The van der Waals surface area contributed by atoms with Gasteiger partial charge in [0.05, 0.1) is 0 Å². The summed E-state index contributed by atoms with van der Waals surface area (Å²) in [5.41, 5.74) is 7.18. The van der Waals surface area contributed by atoms with Gasteiger partial charge in [-0.2, -0.15) is 0 Å². The third-order valence-corrected chi connectivity index (χ3v) is 2.79. The number of aromatic nitrogens is 1. The molecule has 1 heterocycles. The summed E-state index contributed by atoms with van der Waals surface area (Å²) in [6, 6.07) is 13.9. The summed E-state index contributed by atoms with van der Waals surface area (Å²) in [6.07, 6.45) is 3.90. The van der Waals surface area contributed by atoms with Crippen molar-refractivity contribution >= 4 is 5.91 Å². The molecule has 0 unspecified atom stereocenters. The minimum absolute atomic E-state index is 0.366. The van der Waals surface area contributed by atoms with Crippen molar-refractivity contribution in [2.24, 2.45) is 5.73 Å². The molecule has 0 spiro atoms. The number of nitrogens with two attached hydrogens (primary N) is 1. The predicted molar refractivity (Wildman–Crippen MR) is 67.7 cm³/mol. The maximum Gasteiger partial charge on any atom is 0.265 e. The molecule has 1 amide bonds. The molecule has 2 N–H and O–H groups in total. The molecule has 88 valence electrons. The first kappa shape index (κ1) is 11.5. The van der Waals surface area contributed by atoms with Crippen LogP contribution < -0.4 is 5.73 Å². The van der Waals surface area contributed by atoms with Gasteiger partial charge in [0.2, 0.25) is 0 Å². The number of hydrogen-bond acceptors (Lipinski definition) is 1. The number of amides is 1. The van der Waals surface area contributed by atoms with E-state index in [2.05, 4.69) is 12.1 Å². The van der Waals surface area contributed by atoms with Crippen LogP contribution in [0.4, 0.5) is 0 Å². The van der Waals surface area contributed by atoms with Crippen molar-refractivity contribution in [1.29, 1.82) is 0 Å². The van der Waals surface area contributed by atoms with Crippen LogP contribution in [0.25, 0.3) is 0 Å². The highest BCUT2D eigenvalue weighted by Gasteiger charge is 2.05. The van der Waals surface area contributed by atoms with E-state index in [-0.39, 0.29) is 5.91 Å². The number of benzene rings is 1. The third kappa shape index (κ3) is 2.97. The molecule has 0 saturated heterocycles. The molecule has 3 heteroatoms. The van der Waals surface area contributed by atoms with Gasteiger partial charge in [-0.05, 0) is 30.5 Å². The van der Waals surface area contributed by atoms with Crippen molar-refractivity contribution in [3.8, 4) is 0 Å². The summed E-state index contributed by atoms with van der Waals surface area (Å²) >= 11 is 0. The van der Waals surface area contributed by atoms with Gasteiger partial charge in [0.15, 0.2) is 0 Å². The highest BCUT2D eigenvalue weighted by atomic mass is 16.1. The summed E-state index contributed by atoms with van der Waals surface area (Å²) in [4.78, 5) is 11.1. The van der Waals surface area contributed by atoms with Gasteiger partial charge in [0, 0.05) is 12.7 Å². The molecule has 1 aromatic heterocycles. The Balaban J connectivity index is 1.90. The van der Waals surface area contributed by atoms with E-state index in [9.17, 15) is 4.79 Å². The summed E-state index contributed by atoms with van der Waals surface area (Å²) in [7, 11) is 0. The van der Waals surface area contributed by atoms with Gasteiger partial charge in [-0.25, -0.2) is 0 Å². The van der Waals surface area contributed by atoms with Crippen LogP contribution in [0.3, 0.4) is 0 Å². The van der Waals surface area contributed by atoms with E-state index in [4.69, 9.17) is 5.73 Å². The molecule has 3 nitrogen and oxygen atoms in total. The van der Waals surface area contributed by atoms with E-state index in [1.54, 1.807) is 6.07 Å². The monoisotopic (exact) mass is 228 g/mol. The lowest BCUT2D eigenvalue weighted by molar-refractivity contribution is 0.0991. The fourth-order valence-corrected chi connectivity index (χ4v) is 1.93. The number of carbonyl (C=O) groups excluding carboxylic acids is 1. The van der Waals surface area contributed by atoms with E-state index >= 15 is 0 Å². The topological polar surface area (TPSA) is 48.0 Å². The molecule has 0 aliphatic rings. The summed E-state index contributed by atoms with van der Waals surface area (Å²) in [6.45, 7) is 0.820. The minimum Gasteiger partial charge on any atom is -0.364 e. The first-order valence-electron chi connectivity index (χ1n) is 5.76. The summed E-state index contributed by atoms with van der Waals surface area (Å²) < 4.78 is 1.91. The molecule has 0 bridgehead atoms. The standard InChI is InChI=1S/C14H16N2O/c15-14(17)13-9-5-11-16(13)10-4-8-12-6-2-1-3-7-12/h1-3,5-7,9,11H,4,8,10H2,(H2,15,17). The zero-order chi connectivity index (χ0) is 12.1. The maximum absolute atomic E-state index is 11.1. The average molecular weight is 228 g/mol. The van der Waals surface area contributed by atoms with Crippen LogP contribution in [0.15, 0.2) is 48.7 Å². The third-order valence-electron chi connectivity index (χ3n) is 2.79. The second-order valence-electron chi connectivity index (χ2n) is 4.04. The Morgan fingerprint density at radius 2 is 1.88 bits per heavy atom. The van der Waals surface area contributed by atoms with Gasteiger partial charge >= 0.3 is 0 Å². The lowest BCUT2D eigenvalue weighted by Gasteiger charge is -2.06. The lowest BCUT2D eigenvalue weighted by Crippen LogP contribution is -2.16. The normalized spacial score (nSPS) is 10.4. The van der Waals surface area contributed by atoms with Gasteiger partial charge in [0.25, 0.3) is 5.91 Å². The molecule has 0 saturated carbocycles. The average Bonchev–Trinajstić information content (AvgIpc) is 2.79. The van der Waals surface area contributed by atoms with Gasteiger partial charge < -0.3 is 10.3 Å². The van der Waals surface area contributed by atoms with Crippen molar-refractivity contribution < 1.29 is 4.79 Å². The van der Waals surface area contributed by atoms with Crippen LogP contribution in [0, 0.1) is 0 Å². The first-order chi connectivity index (χ1) is 8.27. The molecule has 1 aromatic carbocycles. The van der Waals surface area contributed by atoms with E-state index in [0.717, 1.165) is 19.4 Å². The Labute approximate surface area is 101 Å². The molecular weight excluding hydrogens is 212 g/mol. The Morgan fingerprint density at radius 1 is 1.12 bits per heavy atom. The molecule has 2 rings (SSSR count). The fourth-order valence-electron chi connectivity index (χ4n) is 1.93. The molecule has 0 fully saturated rings. The molecule has 0 atom stereocenters. The van der Waals surface area contributed by atoms with Crippen LogP contribution in [0.1, 0.15) is 22.5 Å². The first-order valence-corrected chi connectivity index (χ1v) is 5.76. The Bertz CT molecular complexity index is 488. The van der Waals surface area contributed by atoms with Crippen LogP contribution in [0.2, 0.25) is 0 Å². The number of hydrogen-bond donors (Lipinski definition) is 1. The zero-order valence-corrected chi connectivity index (χ0v) is 9.67. The fraction of sp³-hybridized carbons (Fsp3) is 0.214. The Kier molecular flexibility index (Phi) is 3.60. The SMILES string of the molecule is NC(=O)c1cccn1CCCc1ccccc1. The number of rotatable bonds is 5. The van der Waals surface area contributed by atoms with Crippen molar-refractivity contribution in [2.45, 2.75) is 19.4 Å². The van der Waals surface area contributed by atoms with Crippen LogP contribution >= 0.6 is 0 Å². The predicted octanol–water partition coefficient (Wildman–Crippen LogP) is 2.22. The second-order valence-corrected chi connectivity index (χ2v) is 4.04. The number of carbonyl (C=O) groups is 1. The number of primary amides is 1. The molecule has 17 heavy (non-hydrogen) atoms. The highest BCUT2D eigenvalue weighted by Crippen LogP contribution is 2.07. The second kappa shape index (κ2) is 5.34. The largest absolute Gasteiger partial charge is 0.364 e. The van der Waals surface area contributed by atoms with E-state index in [0.29, 0.717) is 5.69 Å². The lowest BCUT2D eigenvalue weighted by atomic mass is 10.1. The van der Waals surface area contributed by atoms with Crippen molar-refractivity contribution in [2.75, 3.05) is 0 Å². The number of aryl methyl sites for hydroxylation is 2. The van der Waals surface area contributed by atoms with Gasteiger partial charge in [-0.3, -0.25) is 4.79 Å². The van der Waals surface area contributed by atoms with Crippen molar-refractivity contribution in [3.63, 3.8) is 0 Å². The van der Waals surface area contributed by atoms with Crippen molar-refractivity contribution in [1.82, 2.24) is 4.57 Å². The number of nitrogens with zero attached hydrogens (tertiary/aromatic N) is 1. The molecule has 0 aliphatic carbocycles. The highest BCUT2D eigenvalue weighted by molar-refractivity contribution is 5.91. The van der Waals surface area contributed by atoms with Crippen molar-refractivity contribution in [3.05, 3.63) is 59.9 Å². The molecule has 0 radical (unpaired) electrons. The summed E-state index contributed by atoms with van der Waals surface area (Å²) in [5, 5.41) is 0. The van der Waals surface area contributed by atoms with Gasteiger partial charge in [-0.15, -0.1) is 0 Å². The van der Waals surface area contributed by atoms with Gasteiger partial charge in [0.1, 0.15) is 5.69 Å². The maximum atomic E-state index is 11.1. The van der Waals surface area contributed by atoms with Crippen LogP contribution in [-0.2, 0) is 13.0 Å². The minimum atomic E-state index is -0.366. The summed E-state index contributed by atoms with van der Waals surface area (Å²) in [5.74, 6) is -0.366.